The summed E-state index contributed by atoms with van der Waals surface area (Å²) in [5, 5.41) is 4.31. The Hall–Kier alpha value is -2.47. The normalized spacial score (nSPS) is 19.6. The van der Waals surface area contributed by atoms with Gasteiger partial charge in [0.15, 0.2) is 0 Å². The number of sulfonamides is 1. The third kappa shape index (κ3) is 6.22. The Morgan fingerprint density at radius 3 is 2.34 bits per heavy atom. The van der Waals surface area contributed by atoms with Gasteiger partial charge in [0.1, 0.15) is 12.4 Å². The van der Waals surface area contributed by atoms with Gasteiger partial charge in [-0.1, -0.05) is 6.42 Å². The number of hydrogen-bond donors (Lipinski definition) is 0. The first kappa shape index (κ1) is 28.5. The van der Waals surface area contributed by atoms with Crippen LogP contribution in [0.2, 0.25) is 0 Å². The average Bonchev–Trinajstić information content (AvgIpc) is 3.20. The predicted molar refractivity (Wildman–Crippen MR) is 145 cm³/mol. The zero-order valence-corrected chi connectivity index (χ0v) is 24.1. The molecule has 210 valence electrons. The zero-order valence-electron chi connectivity index (χ0n) is 23.3. The molecule has 1 aromatic heterocycles. The molecule has 1 aromatic carbocycles. The Bertz CT molecular complexity index is 1210. The smallest absolute Gasteiger partial charge is 0.248 e. The van der Waals surface area contributed by atoms with Crippen molar-refractivity contribution in [2.45, 2.75) is 57.5 Å². The van der Waals surface area contributed by atoms with Gasteiger partial charge in [-0.25, -0.2) is 8.42 Å². The van der Waals surface area contributed by atoms with Crippen molar-refractivity contribution in [2.24, 2.45) is 7.05 Å². The number of aromatic nitrogens is 2. The standard InChI is InChI=1S/C27H41N5O5S/c1-20-14-25(36-5)15-21(2)27(20)38(34,35)32-9-7-6-8-24(32)18-37-19-26(33)31-12-10-30(11-13-31)17-23-16-28-29(4)22(23)3/h14-16,24H,6-13,17-19H2,1-5H3. The number of hydrogen-bond acceptors (Lipinski definition) is 7. The molecule has 1 unspecified atom stereocenters. The second-order valence-electron chi connectivity index (χ2n) is 10.4. The fraction of sp³-hybridized carbons (Fsp3) is 0.630. The third-order valence-corrected chi connectivity index (χ3v) is 10.1. The fourth-order valence-corrected chi connectivity index (χ4v) is 7.57. The minimum Gasteiger partial charge on any atom is -0.497 e. The molecular formula is C27H41N5O5S. The first-order chi connectivity index (χ1) is 18.1. The molecule has 2 fully saturated rings. The molecule has 2 aliphatic rings. The summed E-state index contributed by atoms with van der Waals surface area (Å²) in [4.78, 5) is 17.3. The molecule has 2 aliphatic heterocycles. The Kier molecular flexibility index (Phi) is 9.12. The summed E-state index contributed by atoms with van der Waals surface area (Å²) in [6, 6.07) is 3.22. The van der Waals surface area contributed by atoms with E-state index in [2.05, 4.69) is 16.9 Å². The van der Waals surface area contributed by atoms with Crippen LogP contribution in [-0.4, -0.2) is 97.3 Å². The van der Waals surface area contributed by atoms with Gasteiger partial charge >= 0.3 is 0 Å². The van der Waals surface area contributed by atoms with E-state index in [1.807, 2.05) is 22.8 Å². The molecule has 0 spiro atoms. The van der Waals surface area contributed by atoms with Crippen LogP contribution in [0.15, 0.2) is 23.2 Å². The Labute approximate surface area is 226 Å². The van der Waals surface area contributed by atoms with E-state index in [1.165, 1.54) is 5.56 Å². The summed E-state index contributed by atoms with van der Waals surface area (Å²) >= 11 is 0. The van der Waals surface area contributed by atoms with Gasteiger partial charge in [0, 0.05) is 63.6 Å². The summed E-state index contributed by atoms with van der Waals surface area (Å²) in [5.41, 5.74) is 3.70. The van der Waals surface area contributed by atoms with E-state index in [0.29, 0.717) is 47.8 Å². The van der Waals surface area contributed by atoms with Gasteiger partial charge in [-0.2, -0.15) is 9.40 Å². The maximum absolute atomic E-state index is 13.7. The molecule has 2 saturated heterocycles. The van der Waals surface area contributed by atoms with Crippen LogP contribution >= 0.6 is 0 Å². The molecule has 0 N–H and O–H groups in total. The van der Waals surface area contributed by atoms with Crippen molar-refractivity contribution in [2.75, 3.05) is 53.0 Å². The van der Waals surface area contributed by atoms with E-state index < -0.39 is 10.0 Å². The number of rotatable bonds is 9. The number of carbonyl (C=O) groups is 1. The Morgan fingerprint density at radius 1 is 1.05 bits per heavy atom. The maximum atomic E-state index is 13.7. The van der Waals surface area contributed by atoms with Crippen molar-refractivity contribution in [3.8, 4) is 5.75 Å². The van der Waals surface area contributed by atoms with E-state index in [4.69, 9.17) is 9.47 Å². The number of nitrogens with zero attached hydrogens (tertiary/aromatic N) is 5. The number of ether oxygens (including phenoxy) is 2. The van der Waals surface area contributed by atoms with Crippen LogP contribution in [0.25, 0.3) is 0 Å². The lowest BCUT2D eigenvalue weighted by Crippen LogP contribution is -2.50. The average molecular weight is 548 g/mol. The third-order valence-electron chi connectivity index (χ3n) is 7.80. The van der Waals surface area contributed by atoms with E-state index >= 15 is 0 Å². The highest BCUT2D eigenvalue weighted by Gasteiger charge is 2.36. The van der Waals surface area contributed by atoms with Gasteiger partial charge in [0.05, 0.1) is 24.8 Å². The molecule has 10 nitrogen and oxygen atoms in total. The Balaban J connectivity index is 1.30. The fourth-order valence-electron chi connectivity index (χ4n) is 5.48. The van der Waals surface area contributed by atoms with Gasteiger partial charge in [-0.3, -0.25) is 14.4 Å². The predicted octanol–water partition coefficient (Wildman–Crippen LogP) is 2.26. The second-order valence-corrected chi connectivity index (χ2v) is 12.2. The number of aryl methyl sites for hydroxylation is 3. The van der Waals surface area contributed by atoms with Crippen LogP contribution in [0.3, 0.4) is 0 Å². The number of benzene rings is 1. The van der Waals surface area contributed by atoms with Crippen LogP contribution in [0.1, 0.15) is 41.6 Å². The largest absolute Gasteiger partial charge is 0.497 e. The summed E-state index contributed by atoms with van der Waals surface area (Å²) in [7, 11) is -0.194. The van der Waals surface area contributed by atoms with Gasteiger partial charge in [-0.15, -0.1) is 0 Å². The zero-order chi connectivity index (χ0) is 27.4. The van der Waals surface area contributed by atoms with Gasteiger partial charge in [-0.05, 0) is 56.9 Å². The lowest BCUT2D eigenvalue weighted by molar-refractivity contribution is -0.138. The van der Waals surface area contributed by atoms with E-state index in [-0.39, 0.29) is 25.2 Å². The van der Waals surface area contributed by atoms with Crippen LogP contribution < -0.4 is 4.74 Å². The first-order valence-corrected chi connectivity index (χ1v) is 14.8. The van der Waals surface area contributed by atoms with Gasteiger partial charge in [0.2, 0.25) is 15.9 Å². The van der Waals surface area contributed by atoms with Crippen molar-refractivity contribution in [1.82, 2.24) is 23.9 Å². The van der Waals surface area contributed by atoms with E-state index in [9.17, 15) is 13.2 Å². The monoisotopic (exact) mass is 547 g/mol. The highest BCUT2D eigenvalue weighted by atomic mass is 32.2. The number of piperazine rings is 1. The molecule has 1 amide bonds. The number of methoxy groups -OCH3 is 1. The lowest BCUT2D eigenvalue weighted by atomic mass is 10.1. The van der Waals surface area contributed by atoms with Crippen molar-refractivity contribution in [1.29, 1.82) is 0 Å². The quantitative estimate of drug-likeness (QED) is 0.475. The van der Waals surface area contributed by atoms with Crippen molar-refractivity contribution >= 4 is 15.9 Å². The molecule has 11 heteroatoms. The van der Waals surface area contributed by atoms with Crippen LogP contribution in [0, 0.1) is 20.8 Å². The molecular weight excluding hydrogens is 506 g/mol. The molecule has 0 bridgehead atoms. The Morgan fingerprint density at radius 2 is 1.74 bits per heavy atom. The minimum absolute atomic E-state index is 0.0350. The second kappa shape index (κ2) is 12.1. The van der Waals surface area contributed by atoms with Crippen LogP contribution in [0.5, 0.6) is 5.75 Å². The molecule has 2 aromatic rings. The molecule has 0 aliphatic carbocycles. The van der Waals surface area contributed by atoms with Crippen molar-refractivity contribution in [3.63, 3.8) is 0 Å². The van der Waals surface area contributed by atoms with E-state index in [0.717, 1.165) is 38.2 Å². The van der Waals surface area contributed by atoms with Gasteiger partial charge < -0.3 is 14.4 Å². The first-order valence-electron chi connectivity index (χ1n) is 13.3. The molecule has 1 atom stereocenters. The summed E-state index contributed by atoms with van der Waals surface area (Å²) < 4.78 is 42.0. The minimum atomic E-state index is -3.71. The summed E-state index contributed by atoms with van der Waals surface area (Å²) in [5.74, 6) is 0.596. The number of piperidine rings is 1. The highest BCUT2D eigenvalue weighted by Crippen LogP contribution is 2.32. The molecule has 3 heterocycles. The summed E-state index contributed by atoms with van der Waals surface area (Å²) in [6.07, 6.45) is 4.37. The van der Waals surface area contributed by atoms with Crippen LogP contribution in [0.4, 0.5) is 0 Å². The molecule has 38 heavy (non-hydrogen) atoms. The van der Waals surface area contributed by atoms with Gasteiger partial charge in [0.25, 0.3) is 0 Å². The highest BCUT2D eigenvalue weighted by molar-refractivity contribution is 7.89. The molecule has 4 rings (SSSR count). The maximum Gasteiger partial charge on any atom is 0.248 e. The van der Waals surface area contributed by atoms with Crippen LogP contribution in [-0.2, 0) is 33.1 Å². The number of carbonyl (C=O) groups excluding carboxylic acids is 1. The lowest BCUT2D eigenvalue weighted by Gasteiger charge is -2.36. The molecule has 0 saturated carbocycles. The number of amides is 1. The summed E-state index contributed by atoms with van der Waals surface area (Å²) in [6.45, 7) is 10.0. The molecule has 0 radical (unpaired) electrons. The van der Waals surface area contributed by atoms with Crippen molar-refractivity contribution < 1.29 is 22.7 Å². The topological polar surface area (TPSA) is 97.2 Å². The SMILES string of the molecule is COc1cc(C)c(S(=O)(=O)N2CCCCC2COCC(=O)N2CCN(Cc3cnn(C)c3C)CC2)c(C)c1. The van der Waals surface area contributed by atoms with E-state index in [1.54, 1.807) is 37.4 Å². The van der Waals surface area contributed by atoms with Crippen molar-refractivity contribution in [3.05, 3.63) is 40.7 Å².